The van der Waals surface area contributed by atoms with Gasteiger partial charge in [-0.2, -0.15) is 0 Å². The van der Waals surface area contributed by atoms with Crippen molar-refractivity contribution in [2.75, 3.05) is 0 Å². The molecule has 7 heteroatoms. The molecule has 0 spiro atoms. The number of carbonyl (C=O) groups is 3. The summed E-state index contributed by atoms with van der Waals surface area (Å²) in [6, 6.07) is 10.1. The molecule has 0 bridgehead atoms. The van der Waals surface area contributed by atoms with Crippen LogP contribution in [0, 0.1) is 11.8 Å². The number of nitrogens with one attached hydrogen (secondary N) is 2. The van der Waals surface area contributed by atoms with Crippen molar-refractivity contribution >= 4 is 34.8 Å². The van der Waals surface area contributed by atoms with Crippen LogP contribution >= 0.6 is 12.2 Å². The fraction of sp³-hybridized carbons (Fsp3) is 0.0952. The number of benzene rings is 1. The van der Waals surface area contributed by atoms with E-state index in [1.807, 2.05) is 0 Å². The van der Waals surface area contributed by atoms with Gasteiger partial charge < -0.3 is 5.32 Å². The predicted octanol–water partition coefficient (Wildman–Crippen LogP) is 2.45. The number of nitrogens with zero attached hydrogens (tertiary/aromatic N) is 1. The lowest BCUT2D eigenvalue weighted by Gasteiger charge is -2.29. The van der Waals surface area contributed by atoms with Crippen molar-refractivity contribution in [1.29, 1.82) is 0 Å². The number of fused-ring (bicyclic) bond motifs is 2. The number of amides is 1. The van der Waals surface area contributed by atoms with Crippen molar-refractivity contribution in [2.45, 2.75) is 0 Å². The van der Waals surface area contributed by atoms with Gasteiger partial charge in [0.25, 0.3) is 5.91 Å². The highest BCUT2D eigenvalue weighted by atomic mass is 32.1. The first-order chi connectivity index (χ1) is 13.5. The minimum atomic E-state index is -0.591. The van der Waals surface area contributed by atoms with Crippen LogP contribution in [0.5, 0.6) is 0 Å². The predicted molar refractivity (Wildman–Crippen MR) is 107 cm³/mol. The van der Waals surface area contributed by atoms with E-state index in [-0.39, 0.29) is 22.6 Å². The minimum Gasteiger partial charge on any atom is -0.333 e. The van der Waals surface area contributed by atoms with Crippen LogP contribution in [-0.2, 0) is 0 Å². The second-order valence-corrected chi connectivity index (χ2v) is 6.86. The Bertz CT molecular complexity index is 1060. The number of allylic oxidation sites excluding steroid dienone is 3. The zero-order valence-electron chi connectivity index (χ0n) is 14.6. The lowest BCUT2D eigenvalue weighted by molar-refractivity contribution is 0.0800. The maximum absolute atomic E-state index is 12.8. The second kappa shape index (κ2) is 7.28. The van der Waals surface area contributed by atoms with Crippen molar-refractivity contribution < 1.29 is 14.4 Å². The number of Topliss-reactive ketones (excluding diaryl/α,β-unsaturated/α-hetero) is 2. The number of aromatic nitrogens is 1. The zero-order chi connectivity index (χ0) is 19.7. The summed E-state index contributed by atoms with van der Waals surface area (Å²) in [6.45, 7) is 0. The molecule has 1 aromatic heterocycles. The molecular weight excluding hydrogens is 374 g/mol. The van der Waals surface area contributed by atoms with Crippen molar-refractivity contribution in [3.63, 3.8) is 0 Å². The van der Waals surface area contributed by atoms with Gasteiger partial charge in [0, 0.05) is 29.2 Å². The van der Waals surface area contributed by atoms with Crippen LogP contribution in [0.4, 0.5) is 0 Å². The molecule has 0 aliphatic heterocycles. The summed E-state index contributed by atoms with van der Waals surface area (Å²) in [5.74, 6) is -1.67. The van der Waals surface area contributed by atoms with E-state index in [0.29, 0.717) is 22.4 Å². The van der Waals surface area contributed by atoms with Gasteiger partial charge in [0.05, 0.1) is 17.4 Å². The third-order valence-corrected chi connectivity index (χ3v) is 4.91. The number of rotatable bonds is 2. The van der Waals surface area contributed by atoms with E-state index in [9.17, 15) is 14.4 Å². The van der Waals surface area contributed by atoms with Crippen LogP contribution < -0.4 is 10.6 Å². The largest absolute Gasteiger partial charge is 0.333 e. The number of hydrogen-bond donors (Lipinski definition) is 2. The van der Waals surface area contributed by atoms with Gasteiger partial charge in [-0.3, -0.25) is 24.7 Å². The zero-order valence-corrected chi connectivity index (χ0v) is 15.4. The third kappa shape index (κ3) is 3.27. The Morgan fingerprint density at radius 1 is 1.00 bits per heavy atom. The van der Waals surface area contributed by atoms with Gasteiger partial charge in [0.1, 0.15) is 0 Å². The third-order valence-electron chi connectivity index (χ3n) is 4.70. The summed E-state index contributed by atoms with van der Waals surface area (Å²) in [5.41, 5.74) is 1.83. The molecule has 1 amide bonds. The summed E-state index contributed by atoms with van der Waals surface area (Å²) in [5, 5.41) is 5.56. The van der Waals surface area contributed by atoms with Crippen LogP contribution in [0.15, 0.2) is 72.7 Å². The molecule has 2 N–H and O–H groups in total. The van der Waals surface area contributed by atoms with Crippen LogP contribution in [0.1, 0.15) is 31.1 Å². The van der Waals surface area contributed by atoms with Gasteiger partial charge in [-0.1, -0.05) is 30.3 Å². The summed E-state index contributed by atoms with van der Waals surface area (Å²) >= 11 is 5.18. The molecule has 1 heterocycles. The van der Waals surface area contributed by atoms with Gasteiger partial charge >= 0.3 is 0 Å². The number of pyridine rings is 1. The maximum Gasteiger partial charge on any atom is 0.258 e. The SMILES string of the molecule is O=C(NC(=S)NC1=C[C@@H]2C(=O)c3ccccc3C(=O)[C@H]2C=C1)c1cccnc1. The molecule has 4 rings (SSSR count). The fourth-order valence-electron chi connectivity index (χ4n) is 3.36. The standard InChI is InChI=1S/C21H15N3O3S/c25-18-14-5-1-2-6-15(14)19(26)17-10-13(7-8-16(17)18)23-21(28)24-20(27)12-4-3-9-22-11-12/h1-11,16-17H,(H2,23,24,27,28)/t16-,17-/m0/s1. The Kier molecular flexibility index (Phi) is 4.67. The molecule has 0 saturated heterocycles. The Balaban J connectivity index is 1.49. The summed E-state index contributed by atoms with van der Waals surface area (Å²) in [7, 11) is 0. The number of ketones is 2. The smallest absolute Gasteiger partial charge is 0.258 e. The first kappa shape index (κ1) is 17.9. The minimum absolute atomic E-state index is 0.0702. The molecule has 0 saturated carbocycles. The molecule has 2 atom stereocenters. The molecule has 0 radical (unpaired) electrons. The molecule has 2 aliphatic carbocycles. The van der Waals surface area contributed by atoms with Crippen LogP contribution in [0.25, 0.3) is 0 Å². The molecule has 28 heavy (non-hydrogen) atoms. The van der Waals surface area contributed by atoms with E-state index in [4.69, 9.17) is 12.2 Å². The topological polar surface area (TPSA) is 88.2 Å². The Labute approximate surface area is 166 Å². The lowest BCUT2D eigenvalue weighted by atomic mass is 9.72. The van der Waals surface area contributed by atoms with Gasteiger partial charge in [-0.15, -0.1) is 0 Å². The van der Waals surface area contributed by atoms with Crippen molar-refractivity contribution in [2.24, 2.45) is 11.8 Å². The molecule has 1 aromatic carbocycles. The highest BCUT2D eigenvalue weighted by Crippen LogP contribution is 2.34. The van der Waals surface area contributed by atoms with Crippen molar-refractivity contribution in [1.82, 2.24) is 15.6 Å². The first-order valence-corrected chi connectivity index (χ1v) is 9.05. The monoisotopic (exact) mass is 389 g/mol. The van der Waals surface area contributed by atoms with Crippen molar-refractivity contribution in [3.8, 4) is 0 Å². The average Bonchev–Trinajstić information content (AvgIpc) is 2.72. The average molecular weight is 389 g/mol. The van der Waals surface area contributed by atoms with Crippen molar-refractivity contribution in [3.05, 3.63) is 89.4 Å². The Morgan fingerprint density at radius 2 is 1.71 bits per heavy atom. The van der Waals surface area contributed by atoms with Gasteiger partial charge in [0.15, 0.2) is 16.7 Å². The molecule has 0 fully saturated rings. The van der Waals surface area contributed by atoms with Crippen LogP contribution in [0.3, 0.4) is 0 Å². The quantitative estimate of drug-likeness (QED) is 0.767. The number of carbonyl (C=O) groups excluding carboxylic acids is 3. The fourth-order valence-corrected chi connectivity index (χ4v) is 3.57. The van der Waals surface area contributed by atoms with E-state index < -0.39 is 11.8 Å². The summed E-state index contributed by atoms with van der Waals surface area (Å²) < 4.78 is 0. The molecule has 6 nitrogen and oxygen atoms in total. The molecule has 138 valence electrons. The first-order valence-electron chi connectivity index (χ1n) is 8.64. The van der Waals surface area contributed by atoms with E-state index >= 15 is 0 Å². The Morgan fingerprint density at radius 3 is 2.39 bits per heavy atom. The van der Waals surface area contributed by atoms with Gasteiger partial charge in [0.2, 0.25) is 0 Å². The van der Waals surface area contributed by atoms with E-state index in [1.165, 1.54) is 6.20 Å². The number of hydrogen-bond acceptors (Lipinski definition) is 5. The van der Waals surface area contributed by atoms with Crippen LogP contribution in [0.2, 0.25) is 0 Å². The van der Waals surface area contributed by atoms with Gasteiger partial charge in [-0.05, 0) is 36.5 Å². The summed E-state index contributed by atoms with van der Waals surface area (Å²) in [4.78, 5) is 41.5. The lowest BCUT2D eigenvalue weighted by Crippen LogP contribution is -2.41. The van der Waals surface area contributed by atoms with Gasteiger partial charge in [-0.25, -0.2) is 0 Å². The molecular formula is C21H15N3O3S. The second-order valence-electron chi connectivity index (χ2n) is 6.46. The maximum atomic E-state index is 12.8. The number of thiocarbonyl (C=S) groups is 1. The Hall–Kier alpha value is -3.45. The molecule has 2 aromatic rings. The molecule has 2 aliphatic rings. The summed E-state index contributed by atoms with van der Waals surface area (Å²) in [6.07, 6.45) is 8.09. The van der Waals surface area contributed by atoms with E-state index in [2.05, 4.69) is 15.6 Å². The highest BCUT2D eigenvalue weighted by molar-refractivity contribution is 7.80. The van der Waals surface area contributed by atoms with Crippen LogP contribution in [-0.4, -0.2) is 27.6 Å². The van der Waals surface area contributed by atoms with E-state index in [1.54, 1.807) is 60.8 Å². The normalized spacial score (nSPS) is 19.9. The van der Waals surface area contributed by atoms with E-state index in [0.717, 1.165) is 0 Å². The highest BCUT2D eigenvalue weighted by Gasteiger charge is 2.40. The molecule has 0 unspecified atom stereocenters.